The van der Waals surface area contributed by atoms with E-state index >= 15 is 0 Å². The molecule has 2 aliphatic rings. The number of Topliss-reactive ketones (excluding diaryl/α,β-unsaturated/α-hetero) is 1. The zero-order valence-corrected chi connectivity index (χ0v) is 17.8. The number of ketones is 1. The molecule has 0 N–H and O–H groups in total. The molecule has 0 spiro atoms. The molecular formula is C22H34O5. The molecular weight excluding hydrogens is 344 g/mol. The average molecular weight is 379 g/mol. The van der Waals surface area contributed by atoms with Crippen LogP contribution in [0.5, 0.6) is 0 Å². The van der Waals surface area contributed by atoms with Crippen molar-refractivity contribution in [1.29, 1.82) is 0 Å². The van der Waals surface area contributed by atoms with Crippen LogP contribution in [0.2, 0.25) is 0 Å². The van der Waals surface area contributed by atoms with E-state index < -0.39 is 11.7 Å². The second-order valence-corrected chi connectivity index (χ2v) is 9.12. The highest BCUT2D eigenvalue weighted by molar-refractivity contribution is 5.88. The molecule has 5 atom stereocenters. The number of carbonyl (C=O) groups excluding carboxylic acids is 3. The second kappa shape index (κ2) is 7.76. The average Bonchev–Trinajstić information content (AvgIpc) is 2.55. The normalized spacial score (nSPS) is 37.0. The highest BCUT2D eigenvalue weighted by Gasteiger charge is 2.60. The predicted octanol–water partition coefficient (Wildman–Crippen LogP) is 4.24. The van der Waals surface area contributed by atoms with Gasteiger partial charge in [-0.1, -0.05) is 26.8 Å². The number of hydrogen-bond acceptors (Lipinski definition) is 5. The standard InChI is InChI=1S/C22H34O5/c1-8-14(4)20(25)26-19-9-10-21(6)12-17(24)16(13(2)3)11-18(21)22(19,7)27-15(5)23/h8,13,16,18-19H,9-12H2,1-7H3. The number of allylic oxidation sites excluding steroid dienone is 1. The van der Waals surface area contributed by atoms with E-state index in [-0.39, 0.29) is 35.1 Å². The van der Waals surface area contributed by atoms with Crippen molar-refractivity contribution in [3.8, 4) is 0 Å². The van der Waals surface area contributed by atoms with E-state index in [0.29, 0.717) is 30.6 Å². The first kappa shape index (κ1) is 21.6. The van der Waals surface area contributed by atoms with Gasteiger partial charge in [-0.05, 0) is 51.4 Å². The summed E-state index contributed by atoms with van der Waals surface area (Å²) in [7, 11) is 0. The van der Waals surface area contributed by atoms with Crippen LogP contribution in [0, 0.1) is 23.2 Å². The molecule has 2 rings (SSSR count). The van der Waals surface area contributed by atoms with E-state index in [9.17, 15) is 14.4 Å². The summed E-state index contributed by atoms with van der Waals surface area (Å²) in [5, 5.41) is 0. The fourth-order valence-electron chi connectivity index (χ4n) is 5.09. The van der Waals surface area contributed by atoms with Crippen molar-refractivity contribution in [3.05, 3.63) is 11.6 Å². The topological polar surface area (TPSA) is 69.7 Å². The van der Waals surface area contributed by atoms with Crippen LogP contribution in [0.25, 0.3) is 0 Å². The van der Waals surface area contributed by atoms with Gasteiger partial charge in [-0.3, -0.25) is 9.59 Å². The highest BCUT2D eigenvalue weighted by Crippen LogP contribution is 2.57. The maximum atomic E-state index is 12.7. The Morgan fingerprint density at radius 2 is 1.85 bits per heavy atom. The van der Waals surface area contributed by atoms with Gasteiger partial charge in [0.1, 0.15) is 17.5 Å². The van der Waals surface area contributed by atoms with Crippen LogP contribution in [-0.2, 0) is 23.9 Å². The summed E-state index contributed by atoms with van der Waals surface area (Å²) in [6.07, 6.45) is 3.71. The minimum atomic E-state index is -0.934. The van der Waals surface area contributed by atoms with Crippen LogP contribution in [0.1, 0.15) is 74.1 Å². The van der Waals surface area contributed by atoms with Crippen LogP contribution >= 0.6 is 0 Å². The fourth-order valence-corrected chi connectivity index (χ4v) is 5.09. The molecule has 0 heterocycles. The number of rotatable bonds is 4. The van der Waals surface area contributed by atoms with E-state index in [1.807, 2.05) is 6.92 Å². The Kier molecular flexibility index (Phi) is 6.23. The summed E-state index contributed by atoms with van der Waals surface area (Å²) < 4.78 is 11.7. The third-order valence-corrected chi connectivity index (χ3v) is 6.80. The van der Waals surface area contributed by atoms with Gasteiger partial charge in [0.2, 0.25) is 0 Å². The van der Waals surface area contributed by atoms with Crippen molar-refractivity contribution in [2.24, 2.45) is 23.2 Å². The molecule has 2 fully saturated rings. The fraction of sp³-hybridized carbons (Fsp3) is 0.773. The van der Waals surface area contributed by atoms with E-state index in [4.69, 9.17) is 9.47 Å². The van der Waals surface area contributed by atoms with E-state index in [1.54, 1.807) is 19.9 Å². The largest absolute Gasteiger partial charge is 0.455 e. The SMILES string of the molecule is CC=C(C)C(=O)OC1CCC2(C)CC(=O)C(C(C)C)CC2C1(C)OC(C)=O. The molecule has 0 saturated heterocycles. The first-order valence-electron chi connectivity index (χ1n) is 10.0. The van der Waals surface area contributed by atoms with Gasteiger partial charge in [0.05, 0.1) is 0 Å². The minimum Gasteiger partial charge on any atom is -0.455 e. The monoisotopic (exact) mass is 378 g/mol. The third-order valence-electron chi connectivity index (χ3n) is 6.80. The lowest BCUT2D eigenvalue weighted by atomic mass is 9.51. The molecule has 27 heavy (non-hydrogen) atoms. The first-order valence-corrected chi connectivity index (χ1v) is 10.0. The van der Waals surface area contributed by atoms with Gasteiger partial charge >= 0.3 is 11.9 Å². The van der Waals surface area contributed by atoms with Gasteiger partial charge in [0, 0.05) is 30.8 Å². The lowest BCUT2D eigenvalue weighted by Gasteiger charge is -2.57. The van der Waals surface area contributed by atoms with Gasteiger partial charge in [0.15, 0.2) is 0 Å². The maximum absolute atomic E-state index is 12.7. The zero-order valence-electron chi connectivity index (χ0n) is 17.8. The lowest BCUT2D eigenvalue weighted by Crippen LogP contribution is -2.62. The Morgan fingerprint density at radius 3 is 2.37 bits per heavy atom. The molecule has 0 amide bonds. The first-order chi connectivity index (χ1) is 12.4. The zero-order chi connectivity index (χ0) is 20.6. The molecule has 0 aliphatic heterocycles. The molecule has 2 aliphatic carbocycles. The summed E-state index contributed by atoms with van der Waals surface area (Å²) in [4.78, 5) is 37.1. The molecule has 0 aromatic heterocycles. The Bertz CT molecular complexity index is 649. The molecule has 0 radical (unpaired) electrons. The second-order valence-electron chi connectivity index (χ2n) is 9.12. The quantitative estimate of drug-likeness (QED) is 0.541. The van der Waals surface area contributed by atoms with Crippen molar-refractivity contribution in [1.82, 2.24) is 0 Å². The predicted molar refractivity (Wildman–Crippen MR) is 103 cm³/mol. The lowest BCUT2D eigenvalue weighted by molar-refractivity contribution is -0.222. The number of fused-ring (bicyclic) bond motifs is 1. The third kappa shape index (κ3) is 4.12. The van der Waals surface area contributed by atoms with E-state index in [0.717, 1.165) is 6.42 Å². The van der Waals surface area contributed by atoms with E-state index in [1.165, 1.54) is 6.92 Å². The van der Waals surface area contributed by atoms with E-state index in [2.05, 4.69) is 20.8 Å². The van der Waals surface area contributed by atoms with Crippen molar-refractivity contribution in [3.63, 3.8) is 0 Å². The molecule has 5 nitrogen and oxygen atoms in total. The van der Waals surface area contributed by atoms with Crippen LogP contribution in [-0.4, -0.2) is 29.4 Å². The number of esters is 2. The summed E-state index contributed by atoms with van der Waals surface area (Å²) in [5.41, 5.74) is -0.644. The number of hydrogen-bond donors (Lipinski definition) is 0. The number of carbonyl (C=O) groups is 3. The Labute approximate surface area is 162 Å². The summed E-state index contributed by atoms with van der Waals surface area (Å²) in [6, 6.07) is 0. The molecule has 152 valence electrons. The molecule has 0 aromatic rings. The molecule has 2 saturated carbocycles. The van der Waals surface area contributed by atoms with Crippen LogP contribution in [0.3, 0.4) is 0 Å². The van der Waals surface area contributed by atoms with Crippen LogP contribution in [0.15, 0.2) is 11.6 Å². The minimum absolute atomic E-state index is 0.0311. The van der Waals surface area contributed by atoms with Crippen LogP contribution < -0.4 is 0 Å². The highest BCUT2D eigenvalue weighted by atomic mass is 16.6. The van der Waals surface area contributed by atoms with Gasteiger partial charge in [-0.15, -0.1) is 0 Å². The number of ether oxygens (including phenoxy) is 2. The molecule has 0 bridgehead atoms. The summed E-state index contributed by atoms with van der Waals surface area (Å²) in [6.45, 7) is 13.0. The van der Waals surface area contributed by atoms with Gasteiger partial charge in [-0.25, -0.2) is 4.79 Å². The smallest absolute Gasteiger partial charge is 0.333 e. The Morgan fingerprint density at radius 1 is 1.22 bits per heavy atom. The van der Waals surface area contributed by atoms with Gasteiger partial charge < -0.3 is 9.47 Å². The van der Waals surface area contributed by atoms with Crippen molar-refractivity contribution < 1.29 is 23.9 Å². The molecule has 5 heteroatoms. The van der Waals surface area contributed by atoms with Crippen molar-refractivity contribution in [2.75, 3.05) is 0 Å². The Hall–Kier alpha value is -1.65. The Balaban J connectivity index is 2.41. The summed E-state index contributed by atoms with van der Waals surface area (Å²) >= 11 is 0. The molecule has 0 aromatic carbocycles. The van der Waals surface area contributed by atoms with Crippen molar-refractivity contribution in [2.45, 2.75) is 85.9 Å². The summed E-state index contributed by atoms with van der Waals surface area (Å²) in [5.74, 6) is -0.313. The maximum Gasteiger partial charge on any atom is 0.333 e. The van der Waals surface area contributed by atoms with Crippen LogP contribution in [0.4, 0.5) is 0 Å². The van der Waals surface area contributed by atoms with Crippen molar-refractivity contribution >= 4 is 17.7 Å². The molecule has 5 unspecified atom stereocenters. The van der Waals surface area contributed by atoms with Gasteiger partial charge in [-0.2, -0.15) is 0 Å². The van der Waals surface area contributed by atoms with Gasteiger partial charge in [0.25, 0.3) is 0 Å².